The second-order valence-corrected chi connectivity index (χ2v) is 6.11. The van der Waals surface area contributed by atoms with Crippen LogP contribution >= 0.6 is 0 Å². The molecule has 0 saturated heterocycles. The van der Waals surface area contributed by atoms with Gasteiger partial charge >= 0.3 is 5.97 Å². The molecule has 1 amide bonds. The van der Waals surface area contributed by atoms with Gasteiger partial charge in [0.05, 0.1) is 11.8 Å². The van der Waals surface area contributed by atoms with Crippen molar-refractivity contribution in [2.45, 2.75) is 27.2 Å². The van der Waals surface area contributed by atoms with E-state index in [2.05, 4.69) is 13.8 Å². The maximum Gasteiger partial charge on any atom is 0.307 e. The van der Waals surface area contributed by atoms with Crippen LogP contribution in [0.25, 0.3) is 0 Å². The third kappa shape index (κ3) is 2.53. The van der Waals surface area contributed by atoms with E-state index >= 15 is 0 Å². The molecule has 4 heteroatoms. The van der Waals surface area contributed by atoms with Crippen LogP contribution in [0.1, 0.15) is 27.2 Å². The Labute approximate surface area is 114 Å². The van der Waals surface area contributed by atoms with Gasteiger partial charge < -0.3 is 10.0 Å². The summed E-state index contributed by atoms with van der Waals surface area (Å²) in [5.41, 5.74) is 0. The number of carboxylic acid groups (broad SMARTS) is 1. The Kier molecular flexibility index (Phi) is 3.97. The molecule has 0 spiro atoms. The molecular weight excluding hydrogens is 242 g/mol. The molecule has 4 unspecified atom stereocenters. The van der Waals surface area contributed by atoms with Gasteiger partial charge in [-0.25, -0.2) is 0 Å². The second kappa shape index (κ2) is 5.35. The summed E-state index contributed by atoms with van der Waals surface area (Å²) in [6.45, 7) is 7.47. The van der Waals surface area contributed by atoms with Crippen molar-refractivity contribution in [3.05, 3.63) is 12.2 Å². The van der Waals surface area contributed by atoms with Crippen molar-refractivity contribution in [1.82, 2.24) is 4.90 Å². The van der Waals surface area contributed by atoms with Crippen LogP contribution in [0.15, 0.2) is 12.2 Å². The lowest BCUT2D eigenvalue weighted by molar-refractivity contribution is -0.151. The van der Waals surface area contributed by atoms with E-state index in [-0.39, 0.29) is 23.7 Å². The fourth-order valence-corrected chi connectivity index (χ4v) is 3.52. The maximum atomic E-state index is 12.6. The molecule has 2 rings (SSSR count). The number of amides is 1. The van der Waals surface area contributed by atoms with Crippen LogP contribution in [0, 0.1) is 29.6 Å². The van der Waals surface area contributed by atoms with Gasteiger partial charge in [0.2, 0.25) is 5.91 Å². The van der Waals surface area contributed by atoms with Crippen molar-refractivity contribution in [1.29, 1.82) is 0 Å². The molecule has 0 aromatic rings. The van der Waals surface area contributed by atoms with Gasteiger partial charge in [0, 0.05) is 13.1 Å². The zero-order valence-electron chi connectivity index (χ0n) is 11.9. The van der Waals surface area contributed by atoms with E-state index in [0.29, 0.717) is 19.0 Å². The molecule has 0 heterocycles. The summed E-state index contributed by atoms with van der Waals surface area (Å²) < 4.78 is 0. The number of hydrogen-bond donors (Lipinski definition) is 1. The third-order valence-electron chi connectivity index (χ3n) is 4.31. The molecule has 1 N–H and O–H groups in total. The fraction of sp³-hybridized carbons (Fsp3) is 0.733. The number of aliphatic carboxylic acids is 1. The molecular formula is C15H23NO3. The second-order valence-electron chi connectivity index (χ2n) is 6.11. The summed E-state index contributed by atoms with van der Waals surface area (Å²) >= 11 is 0. The number of fused-ring (bicyclic) bond motifs is 2. The zero-order chi connectivity index (χ0) is 14.2. The van der Waals surface area contributed by atoms with E-state index in [4.69, 9.17) is 0 Å². The van der Waals surface area contributed by atoms with Gasteiger partial charge in [-0.15, -0.1) is 0 Å². The van der Waals surface area contributed by atoms with Crippen LogP contribution in [0.3, 0.4) is 0 Å². The minimum absolute atomic E-state index is 0.0282. The molecule has 2 aliphatic rings. The summed E-state index contributed by atoms with van der Waals surface area (Å²) in [7, 11) is 0. The number of carbonyl (C=O) groups excluding carboxylic acids is 1. The SMILES string of the molecule is CCN(CC(C)C)C(=O)C1C2C=CC(C2)C1C(=O)O. The monoisotopic (exact) mass is 265 g/mol. The normalized spacial score (nSPS) is 32.0. The van der Waals surface area contributed by atoms with Crippen molar-refractivity contribution >= 4 is 11.9 Å². The molecule has 0 aromatic carbocycles. The Balaban J connectivity index is 2.17. The highest BCUT2D eigenvalue weighted by atomic mass is 16.4. The Morgan fingerprint density at radius 2 is 1.84 bits per heavy atom. The molecule has 0 aromatic heterocycles. The molecule has 0 aliphatic heterocycles. The van der Waals surface area contributed by atoms with E-state index in [1.54, 1.807) is 0 Å². The predicted molar refractivity (Wildman–Crippen MR) is 72.4 cm³/mol. The summed E-state index contributed by atoms with van der Waals surface area (Å²) in [4.78, 5) is 25.9. The highest BCUT2D eigenvalue weighted by molar-refractivity contribution is 5.86. The van der Waals surface area contributed by atoms with Crippen molar-refractivity contribution in [3.8, 4) is 0 Å². The summed E-state index contributed by atoms with van der Waals surface area (Å²) in [5.74, 6) is -1.10. The van der Waals surface area contributed by atoms with Gasteiger partial charge in [0.25, 0.3) is 0 Å². The van der Waals surface area contributed by atoms with Crippen LogP contribution in [-0.2, 0) is 9.59 Å². The van der Waals surface area contributed by atoms with Crippen LogP contribution in [0.5, 0.6) is 0 Å². The average Bonchev–Trinajstić information content (AvgIpc) is 2.94. The van der Waals surface area contributed by atoms with Crippen LogP contribution in [0.4, 0.5) is 0 Å². The number of allylic oxidation sites excluding steroid dienone is 2. The largest absolute Gasteiger partial charge is 0.481 e. The standard InChI is InChI=1S/C15H23NO3/c1-4-16(8-9(2)3)14(17)12-10-5-6-11(7-10)13(12)15(18)19/h5-6,9-13H,4,7-8H2,1-3H3,(H,18,19). The van der Waals surface area contributed by atoms with Gasteiger partial charge in [-0.3, -0.25) is 9.59 Å². The predicted octanol–water partition coefficient (Wildman–Crippen LogP) is 2.01. The molecule has 19 heavy (non-hydrogen) atoms. The van der Waals surface area contributed by atoms with E-state index in [0.717, 1.165) is 6.42 Å². The number of rotatable bonds is 5. The summed E-state index contributed by atoms with van der Waals surface area (Å²) in [6, 6.07) is 0. The average molecular weight is 265 g/mol. The van der Waals surface area contributed by atoms with Crippen LogP contribution in [-0.4, -0.2) is 35.0 Å². The first-order valence-electron chi connectivity index (χ1n) is 7.15. The lowest BCUT2D eigenvalue weighted by Crippen LogP contribution is -2.44. The molecule has 4 atom stereocenters. The van der Waals surface area contributed by atoms with Crippen molar-refractivity contribution < 1.29 is 14.7 Å². The third-order valence-corrected chi connectivity index (χ3v) is 4.31. The lowest BCUT2D eigenvalue weighted by atomic mass is 9.82. The summed E-state index contributed by atoms with van der Waals surface area (Å²) in [5, 5.41) is 9.39. The number of hydrogen-bond acceptors (Lipinski definition) is 2. The molecule has 2 aliphatic carbocycles. The minimum atomic E-state index is -0.823. The van der Waals surface area contributed by atoms with Crippen LogP contribution in [0.2, 0.25) is 0 Å². The molecule has 1 fully saturated rings. The zero-order valence-corrected chi connectivity index (χ0v) is 11.9. The maximum absolute atomic E-state index is 12.6. The Morgan fingerprint density at radius 3 is 2.32 bits per heavy atom. The molecule has 106 valence electrons. The first-order valence-corrected chi connectivity index (χ1v) is 7.15. The molecule has 2 bridgehead atoms. The number of carboxylic acids is 1. The van der Waals surface area contributed by atoms with E-state index in [1.807, 2.05) is 24.0 Å². The first-order chi connectivity index (χ1) is 8.95. The Morgan fingerprint density at radius 1 is 1.26 bits per heavy atom. The van der Waals surface area contributed by atoms with Gasteiger partial charge in [-0.1, -0.05) is 26.0 Å². The Hall–Kier alpha value is -1.32. The smallest absolute Gasteiger partial charge is 0.307 e. The summed E-state index contributed by atoms with van der Waals surface area (Å²) in [6.07, 6.45) is 4.84. The van der Waals surface area contributed by atoms with Gasteiger partial charge in [-0.05, 0) is 31.1 Å². The minimum Gasteiger partial charge on any atom is -0.481 e. The Bertz CT molecular complexity index is 402. The van der Waals surface area contributed by atoms with Gasteiger partial charge in [-0.2, -0.15) is 0 Å². The van der Waals surface area contributed by atoms with Gasteiger partial charge in [0.1, 0.15) is 0 Å². The van der Waals surface area contributed by atoms with Crippen molar-refractivity contribution in [2.24, 2.45) is 29.6 Å². The quantitative estimate of drug-likeness (QED) is 0.774. The van der Waals surface area contributed by atoms with E-state index in [9.17, 15) is 14.7 Å². The van der Waals surface area contributed by atoms with Crippen molar-refractivity contribution in [3.63, 3.8) is 0 Å². The van der Waals surface area contributed by atoms with Gasteiger partial charge in [0.15, 0.2) is 0 Å². The van der Waals surface area contributed by atoms with E-state index in [1.165, 1.54) is 0 Å². The topological polar surface area (TPSA) is 57.6 Å². The number of carbonyl (C=O) groups is 2. The molecule has 1 saturated carbocycles. The molecule has 0 radical (unpaired) electrons. The van der Waals surface area contributed by atoms with Crippen molar-refractivity contribution in [2.75, 3.05) is 13.1 Å². The number of nitrogens with zero attached hydrogens (tertiary/aromatic N) is 1. The fourth-order valence-electron chi connectivity index (χ4n) is 3.52. The molecule has 4 nitrogen and oxygen atoms in total. The first kappa shape index (κ1) is 14.1. The van der Waals surface area contributed by atoms with Crippen LogP contribution < -0.4 is 0 Å². The van der Waals surface area contributed by atoms with E-state index < -0.39 is 11.9 Å². The highest BCUT2D eigenvalue weighted by Gasteiger charge is 2.52. The lowest BCUT2D eigenvalue weighted by Gasteiger charge is -2.31. The highest BCUT2D eigenvalue weighted by Crippen LogP contribution is 2.48.